The van der Waals surface area contributed by atoms with Crippen molar-refractivity contribution in [2.24, 2.45) is 0 Å². The van der Waals surface area contributed by atoms with Gasteiger partial charge in [0.15, 0.2) is 11.5 Å². The molecule has 6 nitrogen and oxygen atoms in total. The van der Waals surface area contributed by atoms with Crippen molar-refractivity contribution < 1.29 is 14.4 Å². The number of nitrogens with one attached hydrogen (secondary N) is 1. The van der Waals surface area contributed by atoms with Crippen LogP contribution in [0, 0.1) is 10.1 Å². The number of hydrogen-bond acceptors (Lipinski definition) is 4. The van der Waals surface area contributed by atoms with Crippen LogP contribution in [0.15, 0.2) is 77.4 Å². The first kappa shape index (κ1) is 21.9. The molecule has 164 valence electrons. The van der Waals surface area contributed by atoms with Gasteiger partial charge < -0.3 is 14.5 Å². The maximum absolute atomic E-state index is 11.6. The summed E-state index contributed by atoms with van der Waals surface area (Å²) in [7, 11) is 0. The third-order valence-corrected chi connectivity index (χ3v) is 5.88. The summed E-state index contributed by atoms with van der Waals surface area (Å²) in [6.45, 7) is 2.50. The Bertz CT molecular complexity index is 1220. The lowest BCUT2D eigenvalue weighted by Crippen LogP contribution is -2.14. The number of aromatic nitrogens is 1. The largest absolute Gasteiger partial charge is 0.490 e. The van der Waals surface area contributed by atoms with E-state index in [-0.39, 0.29) is 11.5 Å². The van der Waals surface area contributed by atoms with Gasteiger partial charge in [0.05, 0.1) is 17.0 Å². The summed E-state index contributed by atoms with van der Waals surface area (Å²) in [5.74, 6) is 0.694. The summed E-state index contributed by atoms with van der Waals surface area (Å²) >= 11 is 3.61. The highest BCUT2D eigenvalue weighted by Crippen LogP contribution is 2.41. The Kier molecular flexibility index (Phi) is 6.75. The van der Waals surface area contributed by atoms with Gasteiger partial charge in [-0.05, 0) is 57.7 Å². The first-order valence-electron chi connectivity index (χ1n) is 10.4. The van der Waals surface area contributed by atoms with Gasteiger partial charge in [-0.25, -0.2) is 0 Å². The molecule has 0 aliphatic heterocycles. The van der Waals surface area contributed by atoms with E-state index >= 15 is 0 Å². The molecule has 1 aromatic heterocycles. The van der Waals surface area contributed by atoms with Crippen molar-refractivity contribution >= 4 is 26.8 Å². The predicted molar refractivity (Wildman–Crippen MR) is 128 cm³/mol. The number of H-pyrrole nitrogens is 1. The molecule has 0 aliphatic carbocycles. The number of ether oxygens (including phenoxy) is 2. The van der Waals surface area contributed by atoms with Crippen molar-refractivity contribution in [3.8, 4) is 11.5 Å². The van der Waals surface area contributed by atoms with Gasteiger partial charge in [0.25, 0.3) is 0 Å². The van der Waals surface area contributed by atoms with Gasteiger partial charge in [-0.15, -0.1) is 0 Å². The molecule has 0 bridgehead atoms. The SMILES string of the molecule is CCOc1cc([C@@H](C[N+](=O)[O-])c2c[nH]c3ccccc23)cc(Br)c1OCc1ccccc1. The van der Waals surface area contributed by atoms with Crippen molar-refractivity contribution in [3.05, 3.63) is 104 Å². The van der Waals surface area contributed by atoms with Crippen LogP contribution in [0.25, 0.3) is 10.9 Å². The highest BCUT2D eigenvalue weighted by atomic mass is 79.9. The lowest BCUT2D eigenvalue weighted by Gasteiger charge is -2.19. The van der Waals surface area contributed by atoms with E-state index in [1.807, 2.05) is 79.9 Å². The Morgan fingerprint density at radius 3 is 2.56 bits per heavy atom. The molecule has 0 saturated carbocycles. The number of benzene rings is 3. The molecule has 32 heavy (non-hydrogen) atoms. The summed E-state index contributed by atoms with van der Waals surface area (Å²) in [5.41, 5.74) is 3.65. The molecule has 1 heterocycles. The molecular formula is C25H23BrN2O4. The van der Waals surface area contributed by atoms with Crippen LogP contribution in [0.1, 0.15) is 29.5 Å². The van der Waals surface area contributed by atoms with Crippen molar-refractivity contribution in [1.29, 1.82) is 0 Å². The van der Waals surface area contributed by atoms with Gasteiger partial charge in [-0.3, -0.25) is 10.1 Å². The normalized spacial score (nSPS) is 11.9. The third-order valence-electron chi connectivity index (χ3n) is 5.29. The summed E-state index contributed by atoms with van der Waals surface area (Å²) in [6, 6.07) is 21.4. The molecule has 1 atom stereocenters. The number of fused-ring (bicyclic) bond motifs is 1. The number of nitrogens with zero attached hydrogens (tertiary/aromatic N) is 1. The standard InChI is InChI=1S/C25H23BrN2O4/c1-2-31-24-13-18(12-22(26)25(24)32-16-17-8-4-3-5-9-17)21(15-28(29)30)20-14-27-23-11-7-6-10-19(20)23/h3-14,21,27H,2,15-16H2,1H3/t21-/m1/s1. The first-order chi connectivity index (χ1) is 15.6. The summed E-state index contributed by atoms with van der Waals surface area (Å²) in [4.78, 5) is 14.5. The number of hydrogen-bond donors (Lipinski definition) is 1. The molecule has 4 rings (SSSR count). The molecular weight excluding hydrogens is 472 g/mol. The number of halogens is 1. The van der Waals surface area contributed by atoms with Crippen molar-refractivity contribution in [1.82, 2.24) is 4.98 Å². The van der Waals surface area contributed by atoms with Crippen molar-refractivity contribution in [2.75, 3.05) is 13.2 Å². The Hall–Kier alpha value is -3.32. The smallest absolute Gasteiger partial charge is 0.214 e. The molecule has 1 N–H and O–H groups in total. The summed E-state index contributed by atoms with van der Waals surface area (Å²) in [5, 5.41) is 12.5. The van der Waals surface area contributed by atoms with Crippen LogP contribution in [0.4, 0.5) is 0 Å². The topological polar surface area (TPSA) is 77.4 Å². The molecule has 4 aromatic rings. The van der Waals surface area contributed by atoms with E-state index < -0.39 is 5.92 Å². The van der Waals surface area contributed by atoms with Crippen LogP contribution in [-0.2, 0) is 6.61 Å². The molecule has 0 fully saturated rings. The third kappa shape index (κ3) is 4.78. The van der Waals surface area contributed by atoms with Crippen LogP contribution < -0.4 is 9.47 Å². The van der Waals surface area contributed by atoms with E-state index in [4.69, 9.17) is 9.47 Å². The minimum Gasteiger partial charge on any atom is -0.490 e. The molecule has 0 aliphatic rings. The van der Waals surface area contributed by atoms with Gasteiger partial charge in [0.2, 0.25) is 6.54 Å². The second kappa shape index (κ2) is 9.87. The minimum absolute atomic E-state index is 0.232. The van der Waals surface area contributed by atoms with E-state index in [1.165, 1.54) is 0 Å². The van der Waals surface area contributed by atoms with Crippen LogP contribution in [-0.4, -0.2) is 23.1 Å². The number of para-hydroxylation sites is 1. The van der Waals surface area contributed by atoms with Crippen molar-refractivity contribution in [2.45, 2.75) is 19.4 Å². The maximum Gasteiger partial charge on any atom is 0.214 e. The lowest BCUT2D eigenvalue weighted by atomic mass is 9.90. The maximum atomic E-state index is 11.6. The number of nitro groups is 1. The van der Waals surface area contributed by atoms with Crippen LogP contribution >= 0.6 is 15.9 Å². The average Bonchev–Trinajstić information content (AvgIpc) is 3.21. The molecule has 0 amide bonds. The lowest BCUT2D eigenvalue weighted by molar-refractivity contribution is -0.481. The van der Waals surface area contributed by atoms with Crippen molar-refractivity contribution in [3.63, 3.8) is 0 Å². The molecule has 7 heteroatoms. The summed E-state index contributed by atoms with van der Waals surface area (Å²) in [6.07, 6.45) is 1.85. The van der Waals surface area contributed by atoms with Crippen LogP contribution in [0.5, 0.6) is 11.5 Å². The Morgan fingerprint density at radius 2 is 1.81 bits per heavy atom. The number of rotatable bonds is 9. The summed E-state index contributed by atoms with van der Waals surface area (Å²) < 4.78 is 12.6. The zero-order valence-electron chi connectivity index (χ0n) is 17.6. The Balaban J connectivity index is 1.73. The average molecular weight is 495 g/mol. The zero-order chi connectivity index (χ0) is 22.5. The molecule has 0 spiro atoms. The zero-order valence-corrected chi connectivity index (χ0v) is 19.2. The highest BCUT2D eigenvalue weighted by Gasteiger charge is 2.26. The predicted octanol–water partition coefficient (Wildman–Crippen LogP) is 6.32. The Morgan fingerprint density at radius 1 is 1.06 bits per heavy atom. The fourth-order valence-corrected chi connectivity index (χ4v) is 4.41. The molecule has 0 saturated heterocycles. The van der Waals surface area contributed by atoms with E-state index in [1.54, 1.807) is 0 Å². The van der Waals surface area contributed by atoms with E-state index in [9.17, 15) is 10.1 Å². The minimum atomic E-state index is -0.445. The van der Waals surface area contributed by atoms with E-state index in [0.29, 0.717) is 29.2 Å². The van der Waals surface area contributed by atoms with Crippen LogP contribution in [0.2, 0.25) is 0 Å². The van der Waals surface area contributed by atoms with E-state index in [2.05, 4.69) is 20.9 Å². The van der Waals surface area contributed by atoms with Gasteiger partial charge >= 0.3 is 0 Å². The molecule has 0 unspecified atom stereocenters. The van der Waals surface area contributed by atoms with Crippen LogP contribution in [0.3, 0.4) is 0 Å². The second-order valence-corrected chi connectivity index (χ2v) is 8.25. The van der Waals surface area contributed by atoms with Gasteiger partial charge in [-0.2, -0.15) is 0 Å². The first-order valence-corrected chi connectivity index (χ1v) is 11.2. The van der Waals surface area contributed by atoms with Gasteiger partial charge in [0.1, 0.15) is 6.61 Å². The molecule has 3 aromatic carbocycles. The van der Waals surface area contributed by atoms with Gasteiger partial charge in [0, 0.05) is 22.0 Å². The Labute approximate surface area is 194 Å². The van der Waals surface area contributed by atoms with Gasteiger partial charge in [-0.1, -0.05) is 48.5 Å². The van der Waals surface area contributed by atoms with E-state index in [0.717, 1.165) is 27.6 Å². The fraction of sp³-hybridized carbons (Fsp3) is 0.200. The fourth-order valence-electron chi connectivity index (χ4n) is 3.84. The number of aromatic amines is 1. The second-order valence-electron chi connectivity index (χ2n) is 7.39. The molecule has 0 radical (unpaired) electrons. The highest BCUT2D eigenvalue weighted by molar-refractivity contribution is 9.10. The quantitative estimate of drug-likeness (QED) is 0.218. The monoisotopic (exact) mass is 494 g/mol.